The summed E-state index contributed by atoms with van der Waals surface area (Å²) in [5.74, 6) is 0.955. The smallest absolute Gasteiger partial charge is 0.126 e. The van der Waals surface area contributed by atoms with Gasteiger partial charge in [-0.15, -0.1) is 0 Å². The second kappa shape index (κ2) is 10.8. The Labute approximate surface area is 111 Å². The van der Waals surface area contributed by atoms with E-state index in [1.807, 2.05) is 30.3 Å². The van der Waals surface area contributed by atoms with Crippen molar-refractivity contribution in [3.63, 3.8) is 0 Å². The Balaban J connectivity index is 0.00000289. The number of para-hydroxylation sites is 1. The highest BCUT2D eigenvalue weighted by atomic mass is 16.5. The zero-order valence-corrected chi connectivity index (χ0v) is 11.5. The molecule has 0 unspecified atom stereocenters. The van der Waals surface area contributed by atoms with Gasteiger partial charge in [-0.2, -0.15) is 0 Å². The molecule has 0 atom stereocenters. The van der Waals surface area contributed by atoms with E-state index in [1.54, 1.807) is 0 Å². The molecule has 0 heterocycles. The summed E-state index contributed by atoms with van der Waals surface area (Å²) in [5, 5.41) is 0. The lowest BCUT2D eigenvalue weighted by atomic mass is 10.1. The van der Waals surface area contributed by atoms with E-state index in [0.29, 0.717) is 0 Å². The van der Waals surface area contributed by atoms with Crippen LogP contribution in [0.1, 0.15) is 51.0 Å². The number of hydrogen-bond donors (Lipinski definition) is 0. The van der Waals surface area contributed by atoms with Crippen molar-refractivity contribution < 1.29 is 10.2 Å². The van der Waals surface area contributed by atoms with E-state index >= 15 is 0 Å². The second-order valence-corrected chi connectivity index (χ2v) is 4.36. The van der Waals surface area contributed by atoms with E-state index in [-0.39, 0.29) is 5.48 Å². The molecule has 2 heteroatoms. The molecular weight excluding hydrogens is 224 g/mol. The van der Waals surface area contributed by atoms with Crippen molar-refractivity contribution in [2.45, 2.75) is 45.4 Å². The third-order valence-electron chi connectivity index (χ3n) is 2.89. The Morgan fingerprint density at radius 1 is 1.06 bits per heavy atom. The lowest BCUT2D eigenvalue weighted by Gasteiger charge is -2.08. The monoisotopic (exact) mass is 250 g/mol. The Hall–Kier alpha value is -1.28. The van der Waals surface area contributed by atoms with E-state index < -0.39 is 0 Å². The molecule has 18 heavy (non-hydrogen) atoms. The van der Waals surface area contributed by atoms with Crippen molar-refractivity contribution in [3.8, 4) is 5.75 Å². The maximum Gasteiger partial charge on any atom is 0.126 e. The minimum absolute atomic E-state index is 0. The topological polar surface area (TPSA) is 40.7 Å². The summed E-state index contributed by atoms with van der Waals surface area (Å²) in [6, 6.07) is 8.05. The van der Waals surface area contributed by atoms with Crippen molar-refractivity contribution in [2.24, 2.45) is 0 Å². The van der Waals surface area contributed by atoms with Gasteiger partial charge in [-0.25, -0.2) is 0 Å². The Kier molecular flexibility index (Phi) is 10.1. The maximum atomic E-state index is 5.76. The molecule has 0 aliphatic rings. The lowest BCUT2D eigenvalue weighted by Crippen LogP contribution is -1.98. The molecule has 102 valence electrons. The van der Waals surface area contributed by atoms with Gasteiger partial charge in [0.25, 0.3) is 0 Å². The largest absolute Gasteiger partial charge is 0.493 e. The first-order valence-corrected chi connectivity index (χ1v) is 6.72. The highest BCUT2D eigenvalue weighted by molar-refractivity contribution is 5.55. The number of unbranched alkanes of at least 4 members (excludes halogenated alkanes) is 5. The minimum Gasteiger partial charge on any atom is -0.493 e. The minimum atomic E-state index is 0. The highest BCUT2D eigenvalue weighted by Gasteiger charge is 1.98. The average molecular weight is 250 g/mol. The van der Waals surface area contributed by atoms with E-state index in [2.05, 4.69) is 13.5 Å². The molecule has 0 saturated carbocycles. The molecule has 0 fully saturated rings. The van der Waals surface area contributed by atoms with Crippen LogP contribution in [0.25, 0.3) is 6.08 Å². The molecule has 0 radical (unpaired) electrons. The quantitative estimate of drug-likeness (QED) is 0.604. The summed E-state index contributed by atoms with van der Waals surface area (Å²) in [4.78, 5) is 0. The molecule has 0 aliphatic heterocycles. The molecule has 0 aromatic heterocycles. The standard InChI is InChI=1S/C16H24O.H2O/c1-3-5-6-7-8-11-14-17-16-13-10-9-12-15(16)4-2;/h4,9-10,12-13H,2-3,5-8,11,14H2,1H3;1H2. The lowest BCUT2D eigenvalue weighted by molar-refractivity contribution is 0.304. The van der Waals surface area contributed by atoms with E-state index in [4.69, 9.17) is 4.74 Å². The van der Waals surface area contributed by atoms with Crippen LogP contribution in [0, 0.1) is 0 Å². The van der Waals surface area contributed by atoms with E-state index in [0.717, 1.165) is 24.3 Å². The van der Waals surface area contributed by atoms with Crippen LogP contribution in [-0.4, -0.2) is 12.1 Å². The van der Waals surface area contributed by atoms with Crippen LogP contribution in [0.3, 0.4) is 0 Å². The first-order chi connectivity index (χ1) is 8.38. The zero-order valence-electron chi connectivity index (χ0n) is 11.5. The van der Waals surface area contributed by atoms with Gasteiger partial charge in [-0.3, -0.25) is 0 Å². The summed E-state index contributed by atoms with van der Waals surface area (Å²) >= 11 is 0. The van der Waals surface area contributed by atoms with Gasteiger partial charge in [-0.1, -0.05) is 69.9 Å². The number of rotatable bonds is 9. The predicted octanol–water partition coefficient (Wildman–Crippen LogP) is 4.24. The zero-order chi connectivity index (χ0) is 12.3. The van der Waals surface area contributed by atoms with Crippen molar-refractivity contribution in [2.75, 3.05) is 6.61 Å². The Bertz CT molecular complexity index is 321. The fourth-order valence-corrected chi connectivity index (χ4v) is 1.85. The predicted molar refractivity (Wildman–Crippen MR) is 79.0 cm³/mol. The number of benzene rings is 1. The van der Waals surface area contributed by atoms with Crippen LogP contribution in [0.4, 0.5) is 0 Å². The summed E-state index contributed by atoms with van der Waals surface area (Å²) in [6.45, 7) is 6.85. The van der Waals surface area contributed by atoms with E-state index in [1.165, 1.54) is 32.1 Å². The van der Waals surface area contributed by atoms with Crippen LogP contribution < -0.4 is 4.74 Å². The molecule has 1 rings (SSSR count). The average Bonchev–Trinajstić information content (AvgIpc) is 2.38. The Morgan fingerprint density at radius 2 is 1.72 bits per heavy atom. The highest BCUT2D eigenvalue weighted by Crippen LogP contribution is 2.19. The van der Waals surface area contributed by atoms with Gasteiger partial charge in [0.15, 0.2) is 0 Å². The van der Waals surface area contributed by atoms with Gasteiger partial charge < -0.3 is 10.2 Å². The van der Waals surface area contributed by atoms with Crippen LogP contribution in [0.5, 0.6) is 5.75 Å². The number of ether oxygens (including phenoxy) is 1. The molecule has 0 bridgehead atoms. The van der Waals surface area contributed by atoms with Crippen LogP contribution in [0.15, 0.2) is 30.8 Å². The van der Waals surface area contributed by atoms with Crippen molar-refractivity contribution in [1.82, 2.24) is 0 Å². The SMILES string of the molecule is C=Cc1ccccc1OCCCCCCCC.O. The molecule has 0 spiro atoms. The van der Waals surface area contributed by atoms with Crippen LogP contribution >= 0.6 is 0 Å². The molecule has 1 aromatic rings. The van der Waals surface area contributed by atoms with E-state index in [9.17, 15) is 0 Å². The van der Waals surface area contributed by atoms with Gasteiger partial charge in [-0.05, 0) is 12.5 Å². The third kappa shape index (κ3) is 6.45. The van der Waals surface area contributed by atoms with Gasteiger partial charge in [0, 0.05) is 5.56 Å². The van der Waals surface area contributed by atoms with Gasteiger partial charge in [0.1, 0.15) is 5.75 Å². The summed E-state index contributed by atoms with van der Waals surface area (Å²) in [5.41, 5.74) is 1.08. The van der Waals surface area contributed by atoms with Crippen molar-refractivity contribution in [1.29, 1.82) is 0 Å². The first-order valence-electron chi connectivity index (χ1n) is 6.72. The maximum absolute atomic E-state index is 5.76. The molecule has 2 nitrogen and oxygen atoms in total. The van der Waals surface area contributed by atoms with Crippen LogP contribution in [0.2, 0.25) is 0 Å². The molecule has 2 N–H and O–H groups in total. The summed E-state index contributed by atoms with van der Waals surface area (Å²) in [7, 11) is 0. The molecule has 0 aliphatic carbocycles. The molecule has 0 saturated heterocycles. The second-order valence-electron chi connectivity index (χ2n) is 4.36. The Morgan fingerprint density at radius 3 is 2.44 bits per heavy atom. The summed E-state index contributed by atoms with van der Waals surface area (Å²) < 4.78 is 5.76. The first kappa shape index (κ1) is 16.7. The number of hydrogen-bond acceptors (Lipinski definition) is 1. The normalized spacial score (nSPS) is 9.61. The molecule has 1 aromatic carbocycles. The van der Waals surface area contributed by atoms with Crippen molar-refractivity contribution in [3.05, 3.63) is 36.4 Å². The fraction of sp³-hybridized carbons (Fsp3) is 0.500. The molecular formula is C16H26O2. The molecule has 0 amide bonds. The van der Waals surface area contributed by atoms with Gasteiger partial charge in [0.05, 0.1) is 6.61 Å². The third-order valence-corrected chi connectivity index (χ3v) is 2.89. The van der Waals surface area contributed by atoms with Crippen LogP contribution in [-0.2, 0) is 0 Å². The summed E-state index contributed by atoms with van der Waals surface area (Å²) in [6.07, 6.45) is 9.63. The van der Waals surface area contributed by atoms with Gasteiger partial charge in [0.2, 0.25) is 0 Å². The van der Waals surface area contributed by atoms with Gasteiger partial charge >= 0.3 is 0 Å². The van der Waals surface area contributed by atoms with Crippen molar-refractivity contribution >= 4 is 6.08 Å². The fourth-order valence-electron chi connectivity index (χ4n) is 1.85.